The number of nitrogens with zero attached hydrogens (tertiary/aromatic N) is 1. The first-order valence-corrected chi connectivity index (χ1v) is 13.5. The monoisotopic (exact) mass is 481 g/mol. The summed E-state index contributed by atoms with van der Waals surface area (Å²) in [6.07, 6.45) is 0. The molecule has 0 aliphatic carbocycles. The fourth-order valence-electron chi connectivity index (χ4n) is 7.62. The fourth-order valence-corrected chi connectivity index (χ4v) is 7.62. The zero-order valence-corrected chi connectivity index (χ0v) is 21.4. The quantitative estimate of drug-likeness (QED) is 0.174. The van der Waals surface area contributed by atoms with Gasteiger partial charge in [0.25, 0.3) is 0 Å². The molecule has 9 rings (SSSR count). The maximum atomic E-state index is 2.57. The predicted molar refractivity (Wildman–Crippen MR) is 164 cm³/mol. The van der Waals surface area contributed by atoms with Gasteiger partial charge in [-0.2, -0.15) is 0 Å². The molecule has 0 unspecified atom stereocenters. The van der Waals surface area contributed by atoms with E-state index in [9.17, 15) is 0 Å². The molecule has 0 spiro atoms. The van der Waals surface area contributed by atoms with Gasteiger partial charge in [-0.05, 0) is 86.1 Å². The molecule has 0 bridgehead atoms. The molecule has 0 fully saturated rings. The zero-order valence-electron chi connectivity index (χ0n) is 21.4. The molecule has 0 atom stereocenters. The Balaban J connectivity index is 1.44. The molecular formula is C36H24BN. The molecule has 0 aromatic heterocycles. The van der Waals surface area contributed by atoms with Gasteiger partial charge in [0, 0.05) is 16.8 Å². The molecule has 0 radical (unpaired) electrons. The molecule has 7 aromatic rings. The number of benzene rings is 7. The lowest BCUT2D eigenvalue weighted by Crippen LogP contribution is -2.55. The lowest BCUT2D eigenvalue weighted by molar-refractivity contribution is 1.26. The van der Waals surface area contributed by atoms with Crippen LogP contribution in [-0.4, -0.2) is 6.71 Å². The van der Waals surface area contributed by atoms with Crippen molar-refractivity contribution >= 4 is 72.5 Å². The summed E-state index contributed by atoms with van der Waals surface area (Å²) in [6, 6.07) is 41.0. The molecule has 2 aliphatic rings. The Bertz CT molecular complexity index is 2110. The van der Waals surface area contributed by atoms with Crippen LogP contribution in [0.1, 0.15) is 11.1 Å². The Morgan fingerprint density at radius 2 is 1.24 bits per heavy atom. The van der Waals surface area contributed by atoms with E-state index in [4.69, 9.17) is 0 Å². The van der Waals surface area contributed by atoms with E-state index in [1.165, 1.54) is 88.0 Å². The molecular weight excluding hydrogens is 457 g/mol. The molecule has 0 saturated heterocycles. The van der Waals surface area contributed by atoms with E-state index in [2.05, 4.69) is 128 Å². The van der Waals surface area contributed by atoms with Crippen LogP contribution in [0.3, 0.4) is 0 Å². The summed E-state index contributed by atoms with van der Waals surface area (Å²) in [5.74, 6) is 0. The van der Waals surface area contributed by atoms with Gasteiger partial charge in [-0.3, -0.25) is 0 Å². The molecule has 7 aromatic carbocycles. The van der Waals surface area contributed by atoms with Gasteiger partial charge in [-0.1, -0.05) is 103 Å². The number of hydrogen-bond acceptors (Lipinski definition) is 1. The van der Waals surface area contributed by atoms with Crippen LogP contribution in [0.25, 0.3) is 43.4 Å². The second-order valence-corrected chi connectivity index (χ2v) is 11.0. The molecule has 0 amide bonds. The summed E-state index contributed by atoms with van der Waals surface area (Å²) in [5.41, 5.74) is 13.7. The summed E-state index contributed by atoms with van der Waals surface area (Å²) < 4.78 is 0. The fraction of sp³-hybridized carbons (Fsp3) is 0.0556. The minimum atomic E-state index is 0.266. The maximum Gasteiger partial charge on any atom is 0.248 e. The zero-order chi connectivity index (χ0) is 25.1. The molecule has 2 heterocycles. The van der Waals surface area contributed by atoms with Gasteiger partial charge >= 0.3 is 0 Å². The number of para-hydroxylation sites is 1. The maximum absolute atomic E-state index is 2.57. The number of rotatable bonds is 1. The summed E-state index contributed by atoms with van der Waals surface area (Å²) >= 11 is 0. The molecule has 0 saturated carbocycles. The van der Waals surface area contributed by atoms with Gasteiger partial charge in [0.15, 0.2) is 0 Å². The minimum absolute atomic E-state index is 0.266. The first-order chi connectivity index (χ1) is 18.7. The lowest BCUT2D eigenvalue weighted by Gasteiger charge is -2.38. The summed E-state index contributed by atoms with van der Waals surface area (Å²) in [7, 11) is 0. The molecule has 1 nitrogen and oxygen atoms in total. The van der Waals surface area contributed by atoms with E-state index >= 15 is 0 Å². The first-order valence-electron chi connectivity index (χ1n) is 13.5. The highest BCUT2D eigenvalue weighted by atomic mass is 15.2. The topological polar surface area (TPSA) is 3.24 Å². The van der Waals surface area contributed by atoms with E-state index in [0.29, 0.717) is 0 Å². The van der Waals surface area contributed by atoms with Crippen molar-refractivity contribution in [2.24, 2.45) is 0 Å². The number of fused-ring (bicyclic) bond motifs is 5. The minimum Gasteiger partial charge on any atom is -0.311 e. The Morgan fingerprint density at radius 3 is 2.08 bits per heavy atom. The van der Waals surface area contributed by atoms with Crippen LogP contribution in [0, 0.1) is 13.8 Å². The van der Waals surface area contributed by atoms with Crippen molar-refractivity contribution < 1.29 is 0 Å². The average molecular weight is 481 g/mol. The standard InChI is InChI=1S/C36H24BN/c1-21-20-22(2)36-35-32(21)26-10-3-4-11-28(26)37(35)29-12-5-6-13-31(29)38(36)30-19-17-25-15-14-23-8-7-9-24-16-18-27(30)34(25)33(23)24/h3-20H,1-2H3. The van der Waals surface area contributed by atoms with Gasteiger partial charge in [-0.25, -0.2) is 0 Å². The number of anilines is 3. The Kier molecular flexibility index (Phi) is 3.80. The van der Waals surface area contributed by atoms with E-state index in [-0.39, 0.29) is 6.71 Å². The highest BCUT2D eigenvalue weighted by molar-refractivity contribution is 7.01. The largest absolute Gasteiger partial charge is 0.311 e. The second-order valence-electron chi connectivity index (χ2n) is 11.0. The van der Waals surface area contributed by atoms with Crippen LogP contribution in [0.5, 0.6) is 0 Å². The van der Waals surface area contributed by atoms with Gasteiger partial charge in [0.2, 0.25) is 6.71 Å². The van der Waals surface area contributed by atoms with Crippen molar-refractivity contribution in [2.75, 3.05) is 4.90 Å². The van der Waals surface area contributed by atoms with Crippen molar-refractivity contribution in [2.45, 2.75) is 13.8 Å². The Labute approximate surface area is 222 Å². The normalized spacial score (nSPS) is 13.4. The van der Waals surface area contributed by atoms with Crippen molar-refractivity contribution in [1.82, 2.24) is 0 Å². The van der Waals surface area contributed by atoms with Crippen LogP contribution < -0.4 is 21.3 Å². The van der Waals surface area contributed by atoms with Gasteiger partial charge in [0.05, 0.1) is 5.69 Å². The number of hydrogen-bond donors (Lipinski definition) is 0. The van der Waals surface area contributed by atoms with Crippen molar-refractivity contribution in [3.05, 3.63) is 120 Å². The lowest BCUT2D eigenvalue weighted by atomic mass is 9.37. The van der Waals surface area contributed by atoms with Gasteiger partial charge < -0.3 is 4.90 Å². The van der Waals surface area contributed by atoms with Crippen LogP contribution in [0.2, 0.25) is 0 Å². The van der Waals surface area contributed by atoms with Crippen molar-refractivity contribution in [3.63, 3.8) is 0 Å². The van der Waals surface area contributed by atoms with Crippen LogP contribution in [0.4, 0.5) is 17.1 Å². The predicted octanol–water partition coefficient (Wildman–Crippen LogP) is 7.48. The van der Waals surface area contributed by atoms with E-state index in [0.717, 1.165) is 0 Å². The molecule has 2 aliphatic heterocycles. The molecule has 0 N–H and O–H groups in total. The number of aryl methyl sites for hydroxylation is 2. The summed E-state index contributed by atoms with van der Waals surface area (Å²) in [5, 5.41) is 7.95. The second kappa shape index (κ2) is 7.05. The third-order valence-corrected chi connectivity index (χ3v) is 9.01. The third-order valence-electron chi connectivity index (χ3n) is 9.01. The van der Waals surface area contributed by atoms with E-state index in [1.54, 1.807) is 0 Å². The molecule has 2 heteroatoms. The van der Waals surface area contributed by atoms with Crippen LogP contribution in [0.15, 0.2) is 109 Å². The molecule has 176 valence electrons. The van der Waals surface area contributed by atoms with Crippen molar-refractivity contribution in [1.29, 1.82) is 0 Å². The average Bonchev–Trinajstić information content (AvgIpc) is 3.30. The van der Waals surface area contributed by atoms with Crippen LogP contribution >= 0.6 is 0 Å². The van der Waals surface area contributed by atoms with Gasteiger partial charge in [0.1, 0.15) is 0 Å². The highest BCUT2D eigenvalue weighted by Gasteiger charge is 2.43. The highest BCUT2D eigenvalue weighted by Crippen LogP contribution is 2.47. The van der Waals surface area contributed by atoms with Gasteiger partial charge in [-0.15, -0.1) is 0 Å². The first kappa shape index (κ1) is 20.5. The Morgan fingerprint density at radius 1 is 0.553 bits per heavy atom. The summed E-state index contributed by atoms with van der Waals surface area (Å²) in [6.45, 7) is 4.84. The van der Waals surface area contributed by atoms with E-state index in [1.807, 2.05) is 0 Å². The SMILES string of the molecule is Cc1cc(C)c2c3c1-c1ccccc1B3c1ccccc1N2c1ccc2ccc3cccc4ccc1c2c34. The summed E-state index contributed by atoms with van der Waals surface area (Å²) in [4.78, 5) is 2.57. The smallest absolute Gasteiger partial charge is 0.248 e. The molecule has 38 heavy (non-hydrogen) atoms. The third kappa shape index (κ3) is 2.39. The Hall–Kier alpha value is -4.56. The van der Waals surface area contributed by atoms with E-state index < -0.39 is 0 Å². The van der Waals surface area contributed by atoms with Crippen LogP contribution in [-0.2, 0) is 0 Å². The van der Waals surface area contributed by atoms with Crippen molar-refractivity contribution in [3.8, 4) is 11.1 Å².